The summed E-state index contributed by atoms with van der Waals surface area (Å²) in [5.41, 5.74) is 0.411. The Bertz CT molecular complexity index is 454. The Hall–Kier alpha value is -0.970. The number of halogens is 1. The number of benzene rings is 1. The van der Waals surface area contributed by atoms with Gasteiger partial charge in [0.15, 0.2) is 0 Å². The molecule has 0 spiro atoms. The zero-order valence-corrected chi connectivity index (χ0v) is 13.4. The predicted octanol–water partition coefficient (Wildman–Crippen LogP) is 3.14. The molecule has 0 aliphatic carbocycles. The van der Waals surface area contributed by atoms with Crippen LogP contribution in [-0.2, 0) is 4.74 Å². The molecular weight excluding hydrogens is 269 g/mol. The summed E-state index contributed by atoms with van der Waals surface area (Å²) >= 11 is 0. The second-order valence-corrected chi connectivity index (χ2v) is 7.19. The topological polar surface area (TPSA) is 32.7 Å². The van der Waals surface area contributed by atoms with Gasteiger partial charge in [0, 0.05) is 19.6 Å². The van der Waals surface area contributed by atoms with Gasteiger partial charge in [0.05, 0.1) is 17.3 Å². The average molecular weight is 295 g/mol. The van der Waals surface area contributed by atoms with Crippen LogP contribution in [0.1, 0.15) is 45.8 Å². The maximum atomic E-state index is 12.9. The lowest BCUT2D eigenvalue weighted by Crippen LogP contribution is -2.57. The number of aliphatic hydroxyl groups is 1. The molecule has 1 fully saturated rings. The summed E-state index contributed by atoms with van der Waals surface area (Å²) in [7, 11) is 0. The normalized spacial score (nSPS) is 23.0. The highest BCUT2D eigenvalue weighted by Crippen LogP contribution is 2.28. The Morgan fingerprint density at radius 3 is 2.19 bits per heavy atom. The second kappa shape index (κ2) is 6.03. The van der Waals surface area contributed by atoms with Crippen molar-refractivity contribution in [1.82, 2.24) is 4.90 Å². The van der Waals surface area contributed by atoms with Crippen LogP contribution in [0.3, 0.4) is 0 Å². The zero-order valence-electron chi connectivity index (χ0n) is 13.4. The lowest BCUT2D eigenvalue weighted by Gasteiger charge is -2.47. The van der Waals surface area contributed by atoms with E-state index in [1.165, 1.54) is 12.1 Å². The van der Waals surface area contributed by atoms with E-state index in [-0.39, 0.29) is 17.0 Å². The minimum absolute atomic E-state index is 0.178. The molecule has 0 saturated carbocycles. The Morgan fingerprint density at radius 1 is 1.14 bits per heavy atom. The molecule has 0 aromatic heterocycles. The molecule has 0 radical (unpaired) electrons. The number of rotatable bonds is 4. The number of nitrogens with zero attached hydrogens (tertiary/aromatic N) is 1. The highest BCUT2D eigenvalue weighted by Gasteiger charge is 2.37. The average Bonchev–Trinajstić information content (AvgIpc) is 2.33. The lowest BCUT2D eigenvalue weighted by atomic mass is 9.98. The van der Waals surface area contributed by atoms with Crippen molar-refractivity contribution in [3.63, 3.8) is 0 Å². The maximum absolute atomic E-state index is 12.9. The Morgan fingerprint density at radius 2 is 1.67 bits per heavy atom. The molecule has 0 bridgehead atoms. The molecule has 1 aromatic rings. The molecule has 1 aliphatic heterocycles. The summed E-state index contributed by atoms with van der Waals surface area (Å²) in [6, 6.07) is 6.07. The fraction of sp³-hybridized carbons (Fsp3) is 0.647. The van der Waals surface area contributed by atoms with Gasteiger partial charge in [-0.25, -0.2) is 4.39 Å². The third-order valence-electron chi connectivity index (χ3n) is 3.73. The standard InChI is InChI=1S/C17H26FNO2/c1-16(2)11-19(12-17(3,4)21-16)10-9-15(20)13-5-7-14(18)8-6-13/h5-8,15,20H,9-12H2,1-4H3. The van der Waals surface area contributed by atoms with Crippen LogP contribution in [0.15, 0.2) is 24.3 Å². The van der Waals surface area contributed by atoms with E-state index in [2.05, 4.69) is 32.6 Å². The molecule has 0 amide bonds. The van der Waals surface area contributed by atoms with Crippen molar-refractivity contribution in [1.29, 1.82) is 0 Å². The summed E-state index contributed by atoms with van der Waals surface area (Å²) in [6.07, 6.45) is 0.0808. The molecule has 118 valence electrons. The van der Waals surface area contributed by atoms with Crippen molar-refractivity contribution in [3.8, 4) is 0 Å². The molecular formula is C17H26FNO2. The van der Waals surface area contributed by atoms with Crippen molar-refractivity contribution in [2.45, 2.75) is 51.4 Å². The van der Waals surface area contributed by atoms with Crippen LogP contribution in [0.25, 0.3) is 0 Å². The number of morpholine rings is 1. The third kappa shape index (κ3) is 4.77. The monoisotopic (exact) mass is 295 g/mol. The summed E-state index contributed by atoms with van der Waals surface area (Å²) in [4.78, 5) is 2.33. The van der Waals surface area contributed by atoms with E-state index < -0.39 is 6.10 Å². The SMILES string of the molecule is CC1(C)CN(CCC(O)c2ccc(F)cc2)CC(C)(C)O1. The molecule has 4 heteroatoms. The van der Waals surface area contributed by atoms with Gasteiger partial charge in [0.25, 0.3) is 0 Å². The molecule has 1 N–H and O–H groups in total. The summed E-state index contributed by atoms with van der Waals surface area (Å²) in [5.74, 6) is -0.275. The molecule has 1 saturated heterocycles. The van der Waals surface area contributed by atoms with Crippen molar-refractivity contribution in [2.24, 2.45) is 0 Å². The van der Waals surface area contributed by atoms with Crippen LogP contribution in [-0.4, -0.2) is 40.8 Å². The van der Waals surface area contributed by atoms with Gasteiger partial charge in [-0.3, -0.25) is 4.90 Å². The Labute approximate surface area is 126 Å². The quantitative estimate of drug-likeness (QED) is 0.926. The van der Waals surface area contributed by atoms with E-state index in [1.807, 2.05) is 0 Å². The third-order valence-corrected chi connectivity index (χ3v) is 3.73. The van der Waals surface area contributed by atoms with Crippen LogP contribution < -0.4 is 0 Å². The fourth-order valence-electron chi connectivity index (χ4n) is 3.26. The number of aliphatic hydroxyl groups excluding tert-OH is 1. The molecule has 1 atom stereocenters. The number of hydrogen-bond donors (Lipinski definition) is 1. The first-order chi connectivity index (χ1) is 9.67. The van der Waals surface area contributed by atoms with Gasteiger partial charge in [-0.1, -0.05) is 12.1 Å². The summed E-state index contributed by atoms with van der Waals surface area (Å²) in [6.45, 7) is 10.9. The molecule has 1 aliphatic rings. The van der Waals surface area contributed by atoms with Gasteiger partial charge in [0.2, 0.25) is 0 Å². The zero-order chi connectivity index (χ0) is 15.7. The molecule has 2 rings (SSSR count). The first-order valence-electron chi connectivity index (χ1n) is 7.53. The van der Waals surface area contributed by atoms with Crippen LogP contribution in [0.4, 0.5) is 4.39 Å². The van der Waals surface area contributed by atoms with Crippen LogP contribution >= 0.6 is 0 Å². The van der Waals surface area contributed by atoms with Gasteiger partial charge in [-0.05, 0) is 51.8 Å². The van der Waals surface area contributed by atoms with Gasteiger partial charge >= 0.3 is 0 Å². The molecule has 1 heterocycles. The van der Waals surface area contributed by atoms with Crippen LogP contribution in [0.2, 0.25) is 0 Å². The molecule has 1 aromatic carbocycles. The van der Waals surface area contributed by atoms with E-state index in [4.69, 9.17) is 4.74 Å². The van der Waals surface area contributed by atoms with Crippen molar-refractivity contribution >= 4 is 0 Å². The smallest absolute Gasteiger partial charge is 0.123 e. The fourth-order valence-corrected chi connectivity index (χ4v) is 3.26. The Balaban J connectivity index is 1.91. The summed E-state index contributed by atoms with van der Waals surface area (Å²) < 4.78 is 18.9. The second-order valence-electron chi connectivity index (χ2n) is 7.19. The summed E-state index contributed by atoms with van der Waals surface area (Å²) in [5, 5.41) is 10.2. The van der Waals surface area contributed by atoms with Gasteiger partial charge in [-0.2, -0.15) is 0 Å². The predicted molar refractivity (Wildman–Crippen MR) is 81.7 cm³/mol. The van der Waals surface area contributed by atoms with E-state index in [9.17, 15) is 9.50 Å². The Kier molecular flexibility index (Phi) is 4.71. The number of ether oxygens (including phenoxy) is 1. The molecule has 21 heavy (non-hydrogen) atoms. The largest absolute Gasteiger partial charge is 0.388 e. The first-order valence-corrected chi connectivity index (χ1v) is 7.53. The number of hydrogen-bond acceptors (Lipinski definition) is 3. The van der Waals surface area contributed by atoms with E-state index >= 15 is 0 Å². The highest BCUT2D eigenvalue weighted by atomic mass is 19.1. The van der Waals surface area contributed by atoms with Crippen LogP contribution in [0, 0.1) is 5.82 Å². The van der Waals surface area contributed by atoms with Crippen molar-refractivity contribution in [3.05, 3.63) is 35.6 Å². The van der Waals surface area contributed by atoms with Gasteiger partial charge < -0.3 is 9.84 Å². The van der Waals surface area contributed by atoms with Crippen LogP contribution in [0.5, 0.6) is 0 Å². The minimum atomic E-state index is -0.556. The highest BCUT2D eigenvalue weighted by molar-refractivity contribution is 5.18. The van der Waals surface area contributed by atoms with E-state index in [0.717, 1.165) is 25.2 Å². The van der Waals surface area contributed by atoms with E-state index in [0.29, 0.717) is 6.42 Å². The van der Waals surface area contributed by atoms with E-state index in [1.54, 1.807) is 12.1 Å². The van der Waals surface area contributed by atoms with Crippen molar-refractivity contribution < 1.29 is 14.2 Å². The molecule has 3 nitrogen and oxygen atoms in total. The van der Waals surface area contributed by atoms with Gasteiger partial charge in [0.1, 0.15) is 5.82 Å². The molecule has 1 unspecified atom stereocenters. The maximum Gasteiger partial charge on any atom is 0.123 e. The van der Waals surface area contributed by atoms with Gasteiger partial charge in [-0.15, -0.1) is 0 Å². The minimum Gasteiger partial charge on any atom is -0.388 e. The lowest BCUT2D eigenvalue weighted by molar-refractivity contribution is -0.181. The first kappa shape index (κ1) is 16.4. The van der Waals surface area contributed by atoms with Crippen molar-refractivity contribution in [2.75, 3.05) is 19.6 Å².